The molecule has 0 fully saturated rings. The van der Waals surface area contributed by atoms with Crippen molar-refractivity contribution in [2.45, 2.75) is 25.9 Å². The topological polar surface area (TPSA) is 33.6 Å². The molecule has 0 aromatic heterocycles. The van der Waals surface area contributed by atoms with E-state index in [1.54, 1.807) is 12.1 Å². The maximum absolute atomic E-state index is 12.8. The summed E-state index contributed by atoms with van der Waals surface area (Å²) < 4.78 is 12.8. The van der Waals surface area contributed by atoms with Crippen molar-refractivity contribution in [3.05, 3.63) is 35.6 Å². The first kappa shape index (κ1) is 12.0. The van der Waals surface area contributed by atoms with Crippen molar-refractivity contribution >= 4 is 5.71 Å². The molecular formula is C13H17FN2O. The van der Waals surface area contributed by atoms with E-state index in [1.807, 2.05) is 0 Å². The summed E-state index contributed by atoms with van der Waals surface area (Å²) in [6, 6.07) is 6.36. The third-order valence-corrected chi connectivity index (χ3v) is 2.71. The molecule has 4 heteroatoms. The van der Waals surface area contributed by atoms with Crippen molar-refractivity contribution in [3.8, 4) is 0 Å². The van der Waals surface area contributed by atoms with Crippen LogP contribution in [0.1, 0.15) is 25.3 Å². The summed E-state index contributed by atoms with van der Waals surface area (Å²) in [6.07, 6.45) is 1.99. The highest BCUT2D eigenvalue weighted by Gasteiger charge is 2.21. The van der Waals surface area contributed by atoms with Gasteiger partial charge in [-0.05, 0) is 30.7 Å². The van der Waals surface area contributed by atoms with Crippen LogP contribution >= 0.6 is 0 Å². The molecule has 0 radical (unpaired) electrons. The molecule has 1 unspecified atom stereocenters. The van der Waals surface area contributed by atoms with Gasteiger partial charge in [0.2, 0.25) is 0 Å². The van der Waals surface area contributed by atoms with Crippen LogP contribution in [0.4, 0.5) is 4.39 Å². The monoisotopic (exact) mass is 236 g/mol. The smallest absolute Gasteiger partial charge is 0.145 e. The SMILES string of the molecule is CCCNCC1CC(c2ccc(F)cc2)=NO1. The van der Waals surface area contributed by atoms with Gasteiger partial charge in [0.25, 0.3) is 0 Å². The zero-order valence-corrected chi connectivity index (χ0v) is 9.95. The summed E-state index contributed by atoms with van der Waals surface area (Å²) in [5, 5.41) is 7.35. The minimum Gasteiger partial charge on any atom is -0.390 e. The normalized spacial score (nSPS) is 18.9. The Kier molecular flexibility index (Phi) is 4.09. The maximum Gasteiger partial charge on any atom is 0.145 e. The van der Waals surface area contributed by atoms with Crippen LogP contribution in [-0.2, 0) is 4.84 Å². The highest BCUT2D eigenvalue weighted by Crippen LogP contribution is 2.16. The van der Waals surface area contributed by atoms with Crippen molar-refractivity contribution in [3.63, 3.8) is 0 Å². The van der Waals surface area contributed by atoms with E-state index in [-0.39, 0.29) is 11.9 Å². The van der Waals surface area contributed by atoms with Crippen LogP contribution in [0.15, 0.2) is 29.4 Å². The lowest BCUT2D eigenvalue weighted by atomic mass is 10.1. The Hall–Kier alpha value is -1.42. The first-order chi connectivity index (χ1) is 8.29. The van der Waals surface area contributed by atoms with Crippen molar-refractivity contribution in [1.29, 1.82) is 0 Å². The molecule has 0 amide bonds. The second kappa shape index (κ2) is 5.77. The standard InChI is InChI=1S/C13H17FN2O/c1-2-7-15-9-12-8-13(16-17-12)10-3-5-11(14)6-4-10/h3-6,12,15H,2,7-9H2,1H3. The van der Waals surface area contributed by atoms with Gasteiger partial charge in [0.1, 0.15) is 11.9 Å². The van der Waals surface area contributed by atoms with Gasteiger partial charge in [-0.2, -0.15) is 0 Å². The minimum atomic E-state index is -0.227. The molecule has 1 N–H and O–H groups in total. The molecule has 2 rings (SSSR count). The second-order valence-corrected chi connectivity index (χ2v) is 4.18. The van der Waals surface area contributed by atoms with Gasteiger partial charge in [-0.15, -0.1) is 0 Å². The average Bonchev–Trinajstić information content (AvgIpc) is 2.79. The van der Waals surface area contributed by atoms with E-state index in [0.717, 1.165) is 37.2 Å². The molecule has 1 atom stereocenters. The van der Waals surface area contributed by atoms with Gasteiger partial charge in [-0.1, -0.05) is 24.2 Å². The maximum atomic E-state index is 12.8. The third-order valence-electron chi connectivity index (χ3n) is 2.71. The van der Waals surface area contributed by atoms with E-state index in [2.05, 4.69) is 17.4 Å². The molecule has 0 aliphatic carbocycles. The summed E-state index contributed by atoms with van der Waals surface area (Å²) >= 11 is 0. The van der Waals surface area contributed by atoms with E-state index < -0.39 is 0 Å². The Labute approximate surface area is 101 Å². The van der Waals surface area contributed by atoms with Crippen LogP contribution in [0.25, 0.3) is 0 Å². The van der Waals surface area contributed by atoms with Crippen LogP contribution in [0.5, 0.6) is 0 Å². The number of hydrogen-bond acceptors (Lipinski definition) is 3. The molecule has 0 saturated heterocycles. The summed E-state index contributed by atoms with van der Waals surface area (Å²) in [5.74, 6) is -0.227. The van der Waals surface area contributed by atoms with E-state index in [1.165, 1.54) is 12.1 Å². The lowest BCUT2D eigenvalue weighted by Crippen LogP contribution is -2.27. The van der Waals surface area contributed by atoms with Crippen LogP contribution in [0.3, 0.4) is 0 Å². The molecule has 1 heterocycles. The lowest BCUT2D eigenvalue weighted by molar-refractivity contribution is 0.0852. The van der Waals surface area contributed by atoms with E-state index in [9.17, 15) is 4.39 Å². The Balaban J connectivity index is 1.86. The Morgan fingerprint density at radius 3 is 2.88 bits per heavy atom. The number of nitrogens with zero attached hydrogens (tertiary/aromatic N) is 1. The van der Waals surface area contributed by atoms with E-state index in [4.69, 9.17) is 4.84 Å². The summed E-state index contributed by atoms with van der Waals surface area (Å²) in [7, 11) is 0. The van der Waals surface area contributed by atoms with E-state index >= 15 is 0 Å². The highest BCUT2D eigenvalue weighted by molar-refractivity contribution is 6.01. The predicted octanol–water partition coefficient (Wildman–Crippen LogP) is 2.32. The summed E-state index contributed by atoms with van der Waals surface area (Å²) in [6.45, 7) is 3.93. The summed E-state index contributed by atoms with van der Waals surface area (Å²) in [5.41, 5.74) is 1.83. The van der Waals surface area contributed by atoms with Gasteiger partial charge >= 0.3 is 0 Å². The molecule has 1 aliphatic heterocycles. The van der Waals surface area contributed by atoms with Gasteiger partial charge in [-0.25, -0.2) is 4.39 Å². The lowest BCUT2D eigenvalue weighted by Gasteiger charge is -2.08. The zero-order valence-electron chi connectivity index (χ0n) is 9.95. The van der Waals surface area contributed by atoms with Gasteiger partial charge < -0.3 is 10.2 Å². The zero-order chi connectivity index (χ0) is 12.1. The fourth-order valence-corrected chi connectivity index (χ4v) is 1.79. The Morgan fingerprint density at radius 2 is 2.18 bits per heavy atom. The number of oxime groups is 1. The molecule has 1 aromatic carbocycles. The molecule has 17 heavy (non-hydrogen) atoms. The number of hydrogen-bond donors (Lipinski definition) is 1. The van der Waals surface area contributed by atoms with Crippen LogP contribution in [0, 0.1) is 5.82 Å². The van der Waals surface area contributed by atoms with Crippen molar-refractivity contribution in [1.82, 2.24) is 5.32 Å². The molecule has 1 aliphatic rings. The average molecular weight is 236 g/mol. The largest absolute Gasteiger partial charge is 0.390 e. The number of nitrogens with one attached hydrogen (secondary N) is 1. The molecule has 3 nitrogen and oxygen atoms in total. The Bertz CT molecular complexity index is 389. The summed E-state index contributed by atoms with van der Waals surface area (Å²) in [4.78, 5) is 5.33. The van der Waals surface area contributed by atoms with Gasteiger partial charge in [0.15, 0.2) is 0 Å². The van der Waals surface area contributed by atoms with Crippen LogP contribution < -0.4 is 5.32 Å². The molecule has 92 valence electrons. The molecular weight excluding hydrogens is 219 g/mol. The van der Waals surface area contributed by atoms with Gasteiger partial charge in [0.05, 0.1) is 5.71 Å². The van der Waals surface area contributed by atoms with Gasteiger partial charge in [-0.3, -0.25) is 0 Å². The third kappa shape index (κ3) is 3.27. The van der Waals surface area contributed by atoms with Crippen LogP contribution in [0.2, 0.25) is 0 Å². The highest BCUT2D eigenvalue weighted by atomic mass is 19.1. The minimum absolute atomic E-state index is 0.0987. The first-order valence-corrected chi connectivity index (χ1v) is 5.99. The first-order valence-electron chi connectivity index (χ1n) is 5.99. The van der Waals surface area contributed by atoms with Crippen molar-refractivity contribution in [2.24, 2.45) is 5.16 Å². The number of benzene rings is 1. The molecule has 1 aromatic rings. The second-order valence-electron chi connectivity index (χ2n) is 4.18. The number of halogens is 1. The molecule has 0 saturated carbocycles. The predicted molar refractivity (Wildman–Crippen MR) is 65.6 cm³/mol. The molecule has 0 bridgehead atoms. The fourth-order valence-electron chi connectivity index (χ4n) is 1.79. The van der Waals surface area contributed by atoms with Crippen LogP contribution in [-0.4, -0.2) is 24.9 Å². The fraction of sp³-hybridized carbons (Fsp3) is 0.462. The molecule has 0 spiro atoms. The Morgan fingerprint density at radius 1 is 1.41 bits per heavy atom. The number of rotatable bonds is 5. The quantitative estimate of drug-likeness (QED) is 0.796. The van der Waals surface area contributed by atoms with Crippen molar-refractivity contribution < 1.29 is 9.23 Å². The van der Waals surface area contributed by atoms with E-state index in [0.29, 0.717) is 0 Å². The van der Waals surface area contributed by atoms with Crippen molar-refractivity contribution in [2.75, 3.05) is 13.1 Å². The van der Waals surface area contributed by atoms with Gasteiger partial charge in [0, 0.05) is 13.0 Å².